The lowest BCUT2D eigenvalue weighted by Gasteiger charge is -2.25. The van der Waals surface area contributed by atoms with Crippen LogP contribution in [0.1, 0.15) is 86.9 Å². The molecule has 40 heavy (non-hydrogen) atoms. The lowest BCUT2D eigenvalue weighted by atomic mass is 9.95. The van der Waals surface area contributed by atoms with E-state index in [-0.39, 0.29) is 16.5 Å². The second kappa shape index (κ2) is 12.3. The minimum atomic E-state index is -1.01. The minimum Gasteiger partial charge on any atom is -0.503 e. The Morgan fingerprint density at radius 2 is 1.75 bits per heavy atom. The van der Waals surface area contributed by atoms with E-state index in [0.717, 1.165) is 37.0 Å². The van der Waals surface area contributed by atoms with Gasteiger partial charge in [-0.1, -0.05) is 43.6 Å². The molecule has 11 heteroatoms. The van der Waals surface area contributed by atoms with Gasteiger partial charge < -0.3 is 14.6 Å². The van der Waals surface area contributed by atoms with E-state index in [0.29, 0.717) is 49.8 Å². The number of ether oxygens (including phenoxy) is 2. The summed E-state index contributed by atoms with van der Waals surface area (Å²) < 4.78 is 11.6. The smallest absolute Gasteiger partial charge is 0.296 e. The number of benzene rings is 1. The number of thiazole rings is 2. The van der Waals surface area contributed by atoms with Crippen molar-refractivity contribution in [2.75, 3.05) is 18.6 Å². The van der Waals surface area contributed by atoms with E-state index in [1.54, 1.807) is 39.0 Å². The van der Waals surface area contributed by atoms with Gasteiger partial charge in [-0.05, 0) is 44.9 Å². The van der Waals surface area contributed by atoms with Crippen LogP contribution >= 0.6 is 22.7 Å². The first-order valence-corrected chi connectivity index (χ1v) is 14.8. The van der Waals surface area contributed by atoms with Crippen LogP contribution in [0.5, 0.6) is 11.5 Å². The standard InChI is InChI=1S/C29H33N3O6S2/c1-7-8-9-10-13-38-20-12-11-19(14-21(20)37-6)23-22(24(34)27-16(3)30-18(5)39-27)25(35)28(36)32(23)29-31-15(2)26(40-29)17(4)33/h11-12,14,23,35H,7-10,13H2,1-6H3. The molecule has 4 rings (SSSR count). The third-order valence-corrected chi connectivity index (χ3v) is 8.96. The molecule has 0 saturated heterocycles. The molecule has 1 aromatic carbocycles. The van der Waals surface area contributed by atoms with Crippen LogP contribution < -0.4 is 14.4 Å². The Labute approximate surface area is 241 Å². The van der Waals surface area contributed by atoms with Crippen molar-refractivity contribution in [1.29, 1.82) is 0 Å². The predicted molar refractivity (Wildman–Crippen MR) is 155 cm³/mol. The molecule has 0 radical (unpaired) electrons. The zero-order valence-corrected chi connectivity index (χ0v) is 25.1. The maximum atomic E-state index is 13.9. The number of carbonyl (C=O) groups excluding carboxylic acids is 3. The molecule has 0 saturated carbocycles. The van der Waals surface area contributed by atoms with Crippen molar-refractivity contribution >= 4 is 45.3 Å². The van der Waals surface area contributed by atoms with Crippen LogP contribution in [0.4, 0.5) is 5.13 Å². The van der Waals surface area contributed by atoms with Gasteiger partial charge in [-0.3, -0.25) is 19.3 Å². The van der Waals surface area contributed by atoms with Crippen LogP contribution in [0.2, 0.25) is 0 Å². The van der Waals surface area contributed by atoms with E-state index >= 15 is 0 Å². The van der Waals surface area contributed by atoms with Gasteiger partial charge in [-0.2, -0.15) is 0 Å². The van der Waals surface area contributed by atoms with Crippen molar-refractivity contribution < 1.29 is 29.0 Å². The number of hydrogen-bond acceptors (Lipinski definition) is 10. The number of hydrogen-bond donors (Lipinski definition) is 1. The summed E-state index contributed by atoms with van der Waals surface area (Å²) in [5.41, 5.74) is 1.43. The summed E-state index contributed by atoms with van der Waals surface area (Å²) in [7, 11) is 1.52. The molecule has 0 aliphatic carbocycles. The zero-order valence-electron chi connectivity index (χ0n) is 23.5. The van der Waals surface area contributed by atoms with Crippen LogP contribution in [0.3, 0.4) is 0 Å². The number of nitrogens with zero attached hydrogens (tertiary/aromatic N) is 3. The Morgan fingerprint density at radius 3 is 2.35 bits per heavy atom. The molecule has 0 bridgehead atoms. The van der Waals surface area contributed by atoms with Gasteiger partial charge in [0.15, 0.2) is 28.2 Å². The second-order valence-electron chi connectivity index (χ2n) is 9.60. The van der Waals surface area contributed by atoms with Crippen molar-refractivity contribution in [3.8, 4) is 11.5 Å². The highest BCUT2D eigenvalue weighted by molar-refractivity contribution is 7.18. The lowest BCUT2D eigenvalue weighted by molar-refractivity contribution is -0.117. The largest absolute Gasteiger partial charge is 0.503 e. The molecule has 3 aromatic rings. The number of aromatic nitrogens is 2. The molecule has 9 nitrogen and oxygen atoms in total. The number of aryl methyl sites for hydroxylation is 3. The summed E-state index contributed by atoms with van der Waals surface area (Å²) in [6, 6.07) is 4.18. The molecule has 3 heterocycles. The Balaban J connectivity index is 1.80. The predicted octanol–water partition coefficient (Wildman–Crippen LogP) is 6.48. The van der Waals surface area contributed by atoms with Crippen LogP contribution in [-0.4, -0.2) is 46.3 Å². The summed E-state index contributed by atoms with van der Waals surface area (Å²) >= 11 is 2.25. The minimum absolute atomic E-state index is 0.0794. The summed E-state index contributed by atoms with van der Waals surface area (Å²) in [6.45, 7) is 9.31. The summed E-state index contributed by atoms with van der Waals surface area (Å²) in [5.74, 6) is -1.13. The van der Waals surface area contributed by atoms with Crippen LogP contribution in [0.25, 0.3) is 0 Å². The van der Waals surface area contributed by atoms with E-state index in [9.17, 15) is 19.5 Å². The Kier molecular flexibility index (Phi) is 9.05. The molecule has 1 atom stereocenters. The molecular formula is C29H33N3O6S2. The fourth-order valence-electron chi connectivity index (χ4n) is 4.71. The number of Topliss-reactive ketones (excluding diaryl/α,β-unsaturated/α-hetero) is 2. The number of amides is 1. The van der Waals surface area contributed by atoms with Crippen LogP contribution in [-0.2, 0) is 4.79 Å². The fourth-order valence-corrected chi connectivity index (χ4v) is 6.57. The molecule has 1 aliphatic rings. The van der Waals surface area contributed by atoms with Crippen molar-refractivity contribution in [2.45, 2.75) is 66.3 Å². The topological polar surface area (TPSA) is 119 Å². The van der Waals surface area contributed by atoms with Gasteiger partial charge in [0.2, 0.25) is 5.78 Å². The van der Waals surface area contributed by atoms with Gasteiger partial charge in [-0.25, -0.2) is 9.97 Å². The fraction of sp³-hybridized carbons (Fsp3) is 0.414. The molecular weight excluding hydrogens is 550 g/mol. The van der Waals surface area contributed by atoms with E-state index in [1.165, 1.54) is 30.3 Å². The number of unbranched alkanes of at least 4 members (excludes halogenated alkanes) is 3. The first-order valence-electron chi connectivity index (χ1n) is 13.1. The van der Waals surface area contributed by atoms with Gasteiger partial charge in [-0.15, -0.1) is 11.3 Å². The number of ketones is 2. The summed E-state index contributed by atoms with van der Waals surface area (Å²) in [4.78, 5) is 50.4. The van der Waals surface area contributed by atoms with Gasteiger partial charge in [0.25, 0.3) is 5.91 Å². The average Bonchev–Trinajstić information content (AvgIpc) is 3.55. The third-order valence-electron chi connectivity index (χ3n) is 6.63. The molecule has 1 unspecified atom stereocenters. The maximum Gasteiger partial charge on any atom is 0.296 e. The molecule has 212 valence electrons. The van der Waals surface area contributed by atoms with Crippen molar-refractivity contribution in [1.82, 2.24) is 9.97 Å². The summed E-state index contributed by atoms with van der Waals surface area (Å²) in [5, 5.41) is 12.0. The Bertz CT molecular complexity index is 1490. The van der Waals surface area contributed by atoms with Gasteiger partial charge >= 0.3 is 0 Å². The maximum absolute atomic E-state index is 13.9. The molecule has 0 spiro atoms. The van der Waals surface area contributed by atoms with E-state index in [4.69, 9.17) is 9.47 Å². The van der Waals surface area contributed by atoms with Crippen molar-refractivity contribution in [2.24, 2.45) is 0 Å². The van der Waals surface area contributed by atoms with Gasteiger partial charge in [0.05, 0.1) is 51.5 Å². The number of anilines is 1. The molecule has 1 aliphatic heterocycles. The van der Waals surface area contributed by atoms with E-state index in [2.05, 4.69) is 16.9 Å². The number of rotatable bonds is 12. The Hall–Kier alpha value is -3.57. The molecule has 1 amide bonds. The molecule has 0 fully saturated rings. The number of carbonyl (C=O) groups is 3. The highest BCUT2D eigenvalue weighted by atomic mass is 32.1. The first-order chi connectivity index (χ1) is 19.1. The first kappa shape index (κ1) is 29.4. The molecule has 2 aromatic heterocycles. The third kappa shape index (κ3) is 5.66. The number of methoxy groups -OCH3 is 1. The monoisotopic (exact) mass is 583 g/mol. The molecule has 1 N–H and O–H groups in total. The van der Waals surface area contributed by atoms with E-state index in [1.807, 2.05) is 0 Å². The van der Waals surface area contributed by atoms with Crippen LogP contribution in [0.15, 0.2) is 29.5 Å². The highest BCUT2D eigenvalue weighted by Gasteiger charge is 2.47. The van der Waals surface area contributed by atoms with E-state index < -0.39 is 23.5 Å². The average molecular weight is 584 g/mol. The number of aliphatic hydroxyl groups excluding tert-OH is 1. The normalized spacial score (nSPS) is 15.2. The Morgan fingerprint density at radius 1 is 1.02 bits per heavy atom. The highest BCUT2D eigenvalue weighted by Crippen LogP contribution is 2.46. The van der Waals surface area contributed by atoms with Crippen molar-refractivity contribution in [3.63, 3.8) is 0 Å². The van der Waals surface area contributed by atoms with Crippen molar-refractivity contribution in [3.05, 3.63) is 61.2 Å². The van der Waals surface area contributed by atoms with Crippen LogP contribution in [0, 0.1) is 20.8 Å². The van der Waals surface area contributed by atoms with Gasteiger partial charge in [0, 0.05) is 6.92 Å². The quantitative estimate of drug-likeness (QED) is 0.190. The van der Waals surface area contributed by atoms with Gasteiger partial charge in [0.1, 0.15) is 0 Å². The zero-order chi connectivity index (χ0) is 29.1. The SMILES string of the molecule is CCCCCCOc1ccc(C2C(C(=O)c3sc(C)nc3C)=C(O)C(=O)N2c2nc(C)c(C(C)=O)s2)cc1OC. The second-order valence-corrected chi connectivity index (χ2v) is 11.8. The lowest BCUT2D eigenvalue weighted by Crippen LogP contribution is -2.31. The summed E-state index contributed by atoms with van der Waals surface area (Å²) in [6.07, 6.45) is 4.24. The number of aliphatic hydroxyl groups is 1.